The van der Waals surface area contributed by atoms with Gasteiger partial charge >= 0.3 is 5.97 Å². The smallest absolute Gasteiger partial charge is 0.319 e. The number of benzene rings is 1. The second-order valence-electron chi connectivity index (χ2n) is 4.86. The van der Waals surface area contributed by atoms with Gasteiger partial charge in [-0.25, -0.2) is 0 Å². The second kappa shape index (κ2) is 4.98. The fourth-order valence-corrected chi connectivity index (χ4v) is 2.28. The van der Waals surface area contributed by atoms with Crippen LogP contribution in [0.15, 0.2) is 24.3 Å². The monoisotopic (exact) mass is 249 g/mol. The molecule has 0 radical (unpaired) electrons. The van der Waals surface area contributed by atoms with E-state index in [0.717, 1.165) is 11.3 Å². The highest BCUT2D eigenvalue weighted by Crippen LogP contribution is 2.42. The molecule has 0 spiro atoms. The van der Waals surface area contributed by atoms with Gasteiger partial charge in [-0.15, -0.1) is 0 Å². The molecule has 2 rings (SSSR count). The van der Waals surface area contributed by atoms with Crippen LogP contribution in [0.25, 0.3) is 0 Å². The normalized spacial score (nSPS) is 20.1. The summed E-state index contributed by atoms with van der Waals surface area (Å²) in [6.07, 6.45) is 0. The summed E-state index contributed by atoms with van der Waals surface area (Å²) in [4.78, 5) is 11.4. The Morgan fingerprint density at radius 2 is 2.17 bits per heavy atom. The molecule has 0 fully saturated rings. The van der Waals surface area contributed by atoms with E-state index in [0.29, 0.717) is 6.61 Å². The van der Waals surface area contributed by atoms with Crippen molar-refractivity contribution in [3.63, 3.8) is 0 Å². The maximum absolute atomic E-state index is 11.4. The largest absolute Gasteiger partial charge is 0.486 e. The zero-order valence-electron chi connectivity index (χ0n) is 11.0. The SMILES string of the molecule is CCOC(=O)CNC1c2ccccc2OC1(C)C. The molecule has 0 saturated heterocycles. The molecule has 18 heavy (non-hydrogen) atoms. The van der Waals surface area contributed by atoms with Crippen molar-refractivity contribution in [1.82, 2.24) is 5.32 Å². The molecule has 1 aromatic carbocycles. The van der Waals surface area contributed by atoms with Crippen LogP contribution in [0.5, 0.6) is 5.75 Å². The van der Waals surface area contributed by atoms with Gasteiger partial charge in [0.05, 0.1) is 19.2 Å². The van der Waals surface area contributed by atoms with Crippen LogP contribution in [0.2, 0.25) is 0 Å². The number of carbonyl (C=O) groups excluding carboxylic acids is 1. The lowest BCUT2D eigenvalue weighted by Gasteiger charge is -2.27. The third kappa shape index (κ3) is 2.48. The maximum atomic E-state index is 11.4. The maximum Gasteiger partial charge on any atom is 0.319 e. The van der Waals surface area contributed by atoms with E-state index in [9.17, 15) is 4.79 Å². The van der Waals surface area contributed by atoms with Gasteiger partial charge in [0.25, 0.3) is 0 Å². The molecule has 1 aromatic rings. The molecule has 1 unspecified atom stereocenters. The first-order valence-corrected chi connectivity index (χ1v) is 6.21. The number of ether oxygens (including phenoxy) is 2. The first-order valence-electron chi connectivity index (χ1n) is 6.21. The van der Waals surface area contributed by atoms with Crippen molar-refractivity contribution in [3.8, 4) is 5.75 Å². The number of carbonyl (C=O) groups is 1. The molecule has 1 heterocycles. The summed E-state index contributed by atoms with van der Waals surface area (Å²) in [7, 11) is 0. The van der Waals surface area contributed by atoms with Gasteiger partial charge in [0.1, 0.15) is 11.4 Å². The Hall–Kier alpha value is -1.55. The Kier molecular flexibility index (Phi) is 3.57. The van der Waals surface area contributed by atoms with Crippen LogP contribution in [-0.2, 0) is 9.53 Å². The summed E-state index contributed by atoms with van der Waals surface area (Å²) in [6, 6.07) is 7.89. The predicted molar refractivity (Wildman–Crippen MR) is 68.5 cm³/mol. The van der Waals surface area contributed by atoms with Gasteiger partial charge in [0.15, 0.2) is 0 Å². The van der Waals surface area contributed by atoms with E-state index in [4.69, 9.17) is 9.47 Å². The lowest BCUT2D eigenvalue weighted by molar-refractivity contribution is -0.142. The number of para-hydroxylation sites is 1. The average Bonchev–Trinajstić information content (AvgIpc) is 2.56. The highest BCUT2D eigenvalue weighted by atomic mass is 16.5. The standard InChI is InChI=1S/C14H19NO3/c1-4-17-12(16)9-15-13-10-7-5-6-8-11(10)18-14(13,2)3/h5-8,13,15H,4,9H2,1-3H3. The molecule has 0 aromatic heterocycles. The van der Waals surface area contributed by atoms with Crippen molar-refractivity contribution < 1.29 is 14.3 Å². The molecular formula is C14H19NO3. The number of fused-ring (bicyclic) bond motifs is 1. The van der Waals surface area contributed by atoms with Crippen molar-refractivity contribution in [2.45, 2.75) is 32.4 Å². The Morgan fingerprint density at radius 3 is 2.89 bits per heavy atom. The molecule has 1 aliphatic heterocycles. The molecule has 0 amide bonds. The minimum Gasteiger partial charge on any atom is -0.486 e. The zero-order chi connectivity index (χ0) is 13.2. The molecular weight excluding hydrogens is 230 g/mol. The van der Waals surface area contributed by atoms with Gasteiger partial charge in [-0.3, -0.25) is 10.1 Å². The number of nitrogens with one attached hydrogen (secondary N) is 1. The summed E-state index contributed by atoms with van der Waals surface area (Å²) < 4.78 is 10.8. The van der Waals surface area contributed by atoms with Gasteiger partial charge < -0.3 is 9.47 Å². The van der Waals surface area contributed by atoms with Crippen LogP contribution >= 0.6 is 0 Å². The summed E-state index contributed by atoms with van der Waals surface area (Å²) in [6.45, 7) is 6.42. The van der Waals surface area contributed by atoms with Crippen LogP contribution in [0.3, 0.4) is 0 Å². The van der Waals surface area contributed by atoms with E-state index >= 15 is 0 Å². The highest BCUT2D eigenvalue weighted by molar-refractivity contribution is 5.71. The summed E-state index contributed by atoms with van der Waals surface area (Å²) >= 11 is 0. The molecule has 0 saturated carbocycles. The quantitative estimate of drug-likeness (QED) is 0.830. The molecule has 1 aliphatic rings. The fraction of sp³-hybridized carbons (Fsp3) is 0.500. The van der Waals surface area contributed by atoms with Crippen molar-refractivity contribution in [2.75, 3.05) is 13.2 Å². The lowest BCUT2D eigenvalue weighted by Crippen LogP contribution is -2.41. The minimum atomic E-state index is -0.365. The Balaban J connectivity index is 2.09. The molecule has 98 valence electrons. The summed E-state index contributed by atoms with van der Waals surface area (Å²) in [5.74, 6) is 0.640. The van der Waals surface area contributed by atoms with Gasteiger partial charge in [-0.05, 0) is 26.8 Å². The topological polar surface area (TPSA) is 47.6 Å². The third-order valence-corrected chi connectivity index (χ3v) is 3.05. The van der Waals surface area contributed by atoms with Gasteiger partial charge in [-0.2, -0.15) is 0 Å². The van der Waals surface area contributed by atoms with E-state index in [1.807, 2.05) is 38.1 Å². The van der Waals surface area contributed by atoms with Crippen molar-refractivity contribution in [2.24, 2.45) is 0 Å². The second-order valence-corrected chi connectivity index (χ2v) is 4.86. The third-order valence-electron chi connectivity index (χ3n) is 3.05. The van der Waals surface area contributed by atoms with Crippen molar-refractivity contribution in [1.29, 1.82) is 0 Å². The number of hydrogen-bond acceptors (Lipinski definition) is 4. The van der Waals surface area contributed by atoms with E-state index in [-0.39, 0.29) is 24.2 Å². The molecule has 0 aliphatic carbocycles. The number of hydrogen-bond donors (Lipinski definition) is 1. The molecule has 1 N–H and O–H groups in total. The van der Waals surface area contributed by atoms with Crippen LogP contribution in [0, 0.1) is 0 Å². The summed E-state index contributed by atoms with van der Waals surface area (Å²) in [5, 5.41) is 3.21. The lowest BCUT2D eigenvalue weighted by atomic mass is 9.94. The average molecular weight is 249 g/mol. The Labute approximate surface area is 107 Å². The molecule has 1 atom stereocenters. The zero-order valence-corrected chi connectivity index (χ0v) is 11.0. The highest BCUT2D eigenvalue weighted by Gasteiger charge is 2.40. The number of esters is 1. The van der Waals surface area contributed by atoms with E-state index in [1.54, 1.807) is 6.92 Å². The van der Waals surface area contributed by atoms with E-state index in [1.165, 1.54) is 0 Å². The van der Waals surface area contributed by atoms with Crippen molar-refractivity contribution >= 4 is 5.97 Å². The van der Waals surface area contributed by atoms with Gasteiger partial charge in [0.2, 0.25) is 0 Å². The van der Waals surface area contributed by atoms with Crippen LogP contribution in [-0.4, -0.2) is 24.7 Å². The first-order chi connectivity index (χ1) is 8.54. The molecule has 0 bridgehead atoms. The summed E-state index contributed by atoms with van der Waals surface area (Å²) in [5.41, 5.74) is 0.725. The fourth-order valence-electron chi connectivity index (χ4n) is 2.28. The minimum absolute atomic E-state index is 0.00175. The first kappa shape index (κ1) is 12.9. The van der Waals surface area contributed by atoms with Crippen molar-refractivity contribution in [3.05, 3.63) is 29.8 Å². The number of rotatable bonds is 4. The molecule has 4 nitrogen and oxygen atoms in total. The Bertz CT molecular complexity index is 442. The van der Waals surface area contributed by atoms with Crippen LogP contribution < -0.4 is 10.1 Å². The Morgan fingerprint density at radius 1 is 1.44 bits per heavy atom. The van der Waals surface area contributed by atoms with Crippen LogP contribution in [0.4, 0.5) is 0 Å². The van der Waals surface area contributed by atoms with E-state index < -0.39 is 0 Å². The molecule has 4 heteroatoms. The van der Waals surface area contributed by atoms with Crippen LogP contribution in [0.1, 0.15) is 32.4 Å². The van der Waals surface area contributed by atoms with Gasteiger partial charge in [0, 0.05) is 5.56 Å². The van der Waals surface area contributed by atoms with E-state index in [2.05, 4.69) is 5.32 Å². The van der Waals surface area contributed by atoms with Gasteiger partial charge in [-0.1, -0.05) is 18.2 Å². The predicted octanol–water partition coefficient (Wildman–Crippen LogP) is 2.05.